The molecule has 0 unspecified atom stereocenters. The number of phenolic OH excluding ortho intramolecular Hbond substituents is 1. The number of aromatic hydroxyl groups is 1. The van der Waals surface area contributed by atoms with Crippen LogP contribution in [-0.2, 0) is 3.07 Å². The Morgan fingerprint density at radius 1 is 1.36 bits per heavy atom. The maximum Gasteiger partial charge on any atom is 0.187 e. The molecule has 0 aromatic heterocycles. The van der Waals surface area contributed by atoms with Gasteiger partial charge in [-0.15, -0.1) is 0 Å². The molecule has 0 atom stereocenters. The van der Waals surface area contributed by atoms with Gasteiger partial charge in [-0.2, -0.15) is 0 Å². The number of rotatable bonds is 1. The van der Waals surface area contributed by atoms with Gasteiger partial charge in [0, 0.05) is 7.14 Å². The van der Waals surface area contributed by atoms with Crippen LogP contribution in [0.5, 0.6) is 5.75 Å². The van der Waals surface area contributed by atoms with Gasteiger partial charge in [0.25, 0.3) is 0 Å². The molecule has 2 nitrogen and oxygen atoms in total. The van der Waals surface area contributed by atoms with Gasteiger partial charge in [-0.25, -0.2) is 0 Å². The van der Waals surface area contributed by atoms with Crippen molar-refractivity contribution in [3.05, 3.63) is 22.8 Å². The summed E-state index contributed by atoms with van der Waals surface area (Å²) in [6, 6.07) is 3.52. The fraction of sp³-hybridized carbons (Fsp3) is 0. The number of hydrogen-bond donors (Lipinski definition) is 1. The van der Waals surface area contributed by atoms with E-state index in [2.05, 4.69) is 45.2 Å². The van der Waals surface area contributed by atoms with Crippen LogP contribution in [0.15, 0.2) is 12.1 Å². The molecule has 60 valence electrons. The summed E-state index contributed by atoms with van der Waals surface area (Å²) in [6.45, 7) is 0. The minimum atomic E-state index is -1.26. The molecule has 0 radical (unpaired) electrons. The van der Waals surface area contributed by atoms with Gasteiger partial charge in [0.05, 0.1) is 0 Å². The molecular formula is C6H3I3O2. The van der Waals surface area contributed by atoms with Crippen molar-refractivity contribution in [1.82, 2.24) is 0 Å². The van der Waals surface area contributed by atoms with Gasteiger partial charge in [-0.3, -0.25) is 3.07 Å². The Morgan fingerprint density at radius 3 is 2.45 bits per heavy atom. The molecule has 1 aromatic rings. The summed E-state index contributed by atoms with van der Waals surface area (Å²) in [4.78, 5) is 0. The molecule has 0 aliphatic heterocycles. The molecule has 0 bridgehead atoms. The van der Waals surface area contributed by atoms with E-state index in [1.54, 1.807) is 6.07 Å². The Bertz CT molecular complexity index is 275. The molecule has 0 saturated heterocycles. The maximum atomic E-state index is 10.6. The van der Waals surface area contributed by atoms with Crippen LogP contribution in [0.4, 0.5) is 0 Å². The first-order valence-corrected chi connectivity index (χ1v) is 6.72. The zero-order valence-electron chi connectivity index (χ0n) is 5.14. The highest BCUT2D eigenvalue weighted by Gasteiger charge is 2.06. The van der Waals surface area contributed by atoms with E-state index in [0.717, 1.165) is 7.14 Å². The largest absolute Gasteiger partial charge is 0.507 e. The monoisotopic (exact) mass is 488 g/mol. The van der Waals surface area contributed by atoms with Crippen molar-refractivity contribution in [1.29, 1.82) is 0 Å². The molecule has 1 aromatic carbocycles. The summed E-state index contributed by atoms with van der Waals surface area (Å²) < 4.78 is 13.1. The fourth-order valence-electron chi connectivity index (χ4n) is 0.619. The number of phenols is 1. The Morgan fingerprint density at radius 2 is 2.00 bits per heavy atom. The summed E-state index contributed by atoms with van der Waals surface area (Å²) in [6.07, 6.45) is 0. The van der Waals surface area contributed by atoms with Crippen molar-refractivity contribution in [3.8, 4) is 5.75 Å². The topological polar surface area (TPSA) is 37.3 Å². The van der Waals surface area contributed by atoms with Crippen molar-refractivity contribution in [3.63, 3.8) is 0 Å². The minimum Gasteiger partial charge on any atom is -0.507 e. The van der Waals surface area contributed by atoms with Crippen LogP contribution in [0, 0.1) is 10.7 Å². The Hall–Kier alpha value is 1.01. The van der Waals surface area contributed by atoms with Gasteiger partial charge >= 0.3 is 0 Å². The van der Waals surface area contributed by atoms with Crippen molar-refractivity contribution in [2.24, 2.45) is 0 Å². The fourth-order valence-corrected chi connectivity index (χ4v) is 3.74. The molecule has 0 aliphatic rings. The van der Waals surface area contributed by atoms with Crippen LogP contribution in [0.1, 0.15) is 0 Å². The Balaban J connectivity index is 3.36. The predicted molar refractivity (Wildman–Crippen MR) is 66.9 cm³/mol. The average Bonchev–Trinajstić information content (AvgIpc) is 1.85. The van der Waals surface area contributed by atoms with E-state index in [1.165, 1.54) is 0 Å². The van der Waals surface area contributed by atoms with Crippen LogP contribution < -0.4 is 0 Å². The molecule has 1 rings (SSSR count). The minimum absolute atomic E-state index is 0.157. The Labute approximate surface area is 102 Å². The first kappa shape index (κ1) is 10.1. The first-order valence-electron chi connectivity index (χ1n) is 2.60. The molecule has 0 saturated carbocycles. The van der Waals surface area contributed by atoms with Gasteiger partial charge in [-0.05, 0) is 57.3 Å². The number of benzene rings is 1. The van der Waals surface area contributed by atoms with Crippen LogP contribution in [0.2, 0.25) is 0 Å². The van der Waals surface area contributed by atoms with E-state index in [9.17, 15) is 8.18 Å². The maximum absolute atomic E-state index is 10.6. The van der Waals surface area contributed by atoms with Gasteiger partial charge in [0.1, 0.15) is 9.32 Å². The van der Waals surface area contributed by atoms with E-state index in [-0.39, 0.29) is 5.75 Å². The van der Waals surface area contributed by atoms with Gasteiger partial charge in [0.2, 0.25) is 0 Å². The van der Waals surface area contributed by atoms with E-state index >= 15 is 0 Å². The number of halogens is 3. The molecule has 0 fully saturated rings. The lowest BCUT2D eigenvalue weighted by Gasteiger charge is -1.99. The number of hydrogen-bond acceptors (Lipinski definition) is 2. The van der Waals surface area contributed by atoms with Crippen molar-refractivity contribution >= 4 is 66.4 Å². The van der Waals surface area contributed by atoms with E-state index in [4.69, 9.17) is 0 Å². The average molecular weight is 488 g/mol. The highest BCUT2D eigenvalue weighted by molar-refractivity contribution is 14.2. The first-order chi connectivity index (χ1) is 5.15. The molecule has 0 aliphatic carbocycles. The second-order valence-corrected chi connectivity index (χ2v) is 5.72. The smallest absolute Gasteiger partial charge is 0.187 e. The lowest BCUT2D eigenvalue weighted by Crippen LogP contribution is -1.82. The SMILES string of the molecule is O=Ic1c(O)cc(I)cc1I. The van der Waals surface area contributed by atoms with Crippen LogP contribution in [0.25, 0.3) is 0 Å². The van der Waals surface area contributed by atoms with Gasteiger partial charge in [0.15, 0.2) is 21.2 Å². The van der Waals surface area contributed by atoms with E-state index in [1.807, 2.05) is 6.07 Å². The molecule has 5 heteroatoms. The standard InChI is InChI=1S/C6H3I3O2/c7-3-1-4(8)6(9-11)5(10)2-3/h1-2,10H. The van der Waals surface area contributed by atoms with Gasteiger partial charge in [-0.1, -0.05) is 0 Å². The van der Waals surface area contributed by atoms with Crippen LogP contribution in [-0.4, -0.2) is 5.11 Å². The lowest BCUT2D eigenvalue weighted by molar-refractivity contribution is 0.470. The highest BCUT2D eigenvalue weighted by atomic mass is 127. The summed E-state index contributed by atoms with van der Waals surface area (Å²) in [5.74, 6) is 0.157. The summed E-state index contributed by atoms with van der Waals surface area (Å²) >= 11 is 2.93. The van der Waals surface area contributed by atoms with E-state index < -0.39 is 21.2 Å². The third kappa shape index (κ3) is 2.47. The van der Waals surface area contributed by atoms with E-state index in [0.29, 0.717) is 3.57 Å². The van der Waals surface area contributed by atoms with Crippen molar-refractivity contribution in [2.75, 3.05) is 0 Å². The van der Waals surface area contributed by atoms with Crippen LogP contribution in [0.3, 0.4) is 0 Å². The molecule has 0 heterocycles. The summed E-state index contributed by atoms with van der Waals surface area (Å²) in [5, 5.41) is 9.29. The Kier molecular flexibility index (Phi) is 3.95. The van der Waals surface area contributed by atoms with Crippen LogP contribution >= 0.6 is 66.4 Å². The second kappa shape index (κ2) is 4.30. The van der Waals surface area contributed by atoms with Crippen molar-refractivity contribution < 1.29 is 8.18 Å². The predicted octanol–water partition coefficient (Wildman–Crippen LogP) is 3.09. The molecule has 0 spiro atoms. The summed E-state index contributed by atoms with van der Waals surface area (Å²) in [5.41, 5.74) is 0. The quantitative estimate of drug-likeness (QED) is 0.488. The highest BCUT2D eigenvalue weighted by Crippen LogP contribution is 2.29. The third-order valence-corrected chi connectivity index (χ3v) is 5.13. The molecule has 11 heavy (non-hydrogen) atoms. The lowest BCUT2D eigenvalue weighted by atomic mass is 10.3. The molecule has 0 amide bonds. The van der Waals surface area contributed by atoms with Gasteiger partial charge < -0.3 is 5.11 Å². The van der Waals surface area contributed by atoms with Crippen molar-refractivity contribution in [2.45, 2.75) is 0 Å². The zero-order chi connectivity index (χ0) is 8.43. The third-order valence-electron chi connectivity index (χ3n) is 1.05. The molecular weight excluding hydrogens is 485 g/mol. The second-order valence-electron chi connectivity index (χ2n) is 1.80. The zero-order valence-corrected chi connectivity index (χ0v) is 11.6. The molecule has 1 N–H and O–H groups in total. The summed E-state index contributed by atoms with van der Waals surface area (Å²) in [7, 11) is 0. The normalized spacial score (nSPS) is 10.0.